The molecular formula is C13H13N3O2. The highest BCUT2D eigenvalue weighted by Crippen LogP contribution is 2.19. The van der Waals surface area contributed by atoms with E-state index < -0.39 is 5.97 Å². The van der Waals surface area contributed by atoms with Gasteiger partial charge in [0.25, 0.3) is 0 Å². The molecule has 2 rings (SSSR count). The minimum absolute atomic E-state index is 0.0264. The number of hydrogen-bond donors (Lipinski definition) is 2. The van der Waals surface area contributed by atoms with Gasteiger partial charge in [-0.1, -0.05) is 25.1 Å². The molecule has 0 unspecified atom stereocenters. The number of nitrogens with zero attached hydrogens (tertiary/aromatic N) is 2. The Balaban J connectivity index is 2.28. The lowest BCUT2D eigenvalue weighted by atomic mass is 10.1. The highest BCUT2D eigenvalue weighted by atomic mass is 16.4. The van der Waals surface area contributed by atoms with Gasteiger partial charge in [0.2, 0.25) is 0 Å². The third kappa shape index (κ3) is 2.63. The number of carbonyl (C=O) groups is 1. The lowest BCUT2D eigenvalue weighted by molar-refractivity contribution is 0.0690. The van der Waals surface area contributed by atoms with Crippen LogP contribution in [0.3, 0.4) is 0 Å². The van der Waals surface area contributed by atoms with E-state index in [0.717, 1.165) is 17.7 Å². The van der Waals surface area contributed by atoms with Gasteiger partial charge in [-0.25, -0.2) is 14.8 Å². The minimum atomic E-state index is -1.07. The molecule has 0 amide bonds. The molecule has 2 N–H and O–H groups in total. The maximum Gasteiger partial charge on any atom is 0.354 e. The van der Waals surface area contributed by atoms with Gasteiger partial charge in [-0.05, 0) is 18.1 Å². The molecule has 18 heavy (non-hydrogen) atoms. The molecule has 1 aromatic heterocycles. The van der Waals surface area contributed by atoms with Gasteiger partial charge in [-0.2, -0.15) is 0 Å². The molecule has 0 aliphatic carbocycles. The first-order valence-corrected chi connectivity index (χ1v) is 5.61. The Labute approximate surface area is 105 Å². The van der Waals surface area contributed by atoms with Crippen LogP contribution >= 0.6 is 0 Å². The third-order valence-corrected chi connectivity index (χ3v) is 2.55. The molecule has 92 valence electrons. The second-order valence-corrected chi connectivity index (χ2v) is 3.73. The fourth-order valence-electron chi connectivity index (χ4n) is 1.63. The van der Waals surface area contributed by atoms with Gasteiger partial charge in [0, 0.05) is 11.8 Å². The summed E-state index contributed by atoms with van der Waals surface area (Å²) in [5.74, 6) is -0.590. The molecule has 2 aromatic rings. The molecule has 0 bridgehead atoms. The zero-order valence-corrected chi connectivity index (χ0v) is 9.92. The van der Waals surface area contributed by atoms with Crippen LogP contribution in [0.5, 0.6) is 0 Å². The van der Waals surface area contributed by atoms with E-state index in [-0.39, 0.29) is 5.69 Å². The van der Waals surface area contributed by atoms with Crippen molar-refractivity contribution < 1.29 is 9.90 Å². The van der Waals surface area contributed by atoms with E-state index in [9.17, 15) is 4.79 Å². The van der Waals surface area contributed by atoms with Crippen molar-refractivity contribution in [3.8, 4) is 0 Å². The van der Waals surface area contributed by atoms with Crippen LogP contribution in [0.25, 0.3) is 0 Å². The Kier molecular flexibility index (Phi) is 3.52. The Morgan fingerprint density at radius 1 is 1.33 bits per heavy atom. The van der Waals surface area contributed by atoms with Crippen LogP contribution < -0.4 is 5.32 Å². The maximum absolute atomic E-state index is 10.8. The van der Waals surface area contributed by atoms with Crippen LogP contribution in [0.1, 0.15) is 23.0 Å². The van der Waals surface area contributed by atoms with E-state index in [1.54, 1.807) is 0 Å². The predicted octanol–water partition coefficient (Wildman–Crippen LogP) is 2.48. The van der Waals surface area contributed by atoms with Crippen molar-refractivity contribution in [2.45, 2.75) is 13.3 Å². The van der Waals surface area contributed by atoms with Crippen molar-refractivity contribution in [1.82, 2.24) is 9.97 Å². The summed E-state index contributed by atoms with van der Waals surface area (Å²) in [6.45, 7) is 2.06. The van der Waals surface area contributed by atoms with Crippen LogP contribution in [0.15, 0.2) is 36.7 Å². The summed E-state index contributed by atoms with van der Waals surface area (Å²) in [6.07, 6.45) is 2.13. The van der Waals surface area contributed by atoms with Gasteiger partial charge in [0.15, 0.2) is 5.69 Å². The lowest BCUT2D eigenvalue weighted by Crippen LogP contribution is -2.03. The van der Waals surface area contributed by atoms with Crippen molar-refractivity contribution in [2.24, 2.45) is 0 Å². The Morgan fingerprint density at radius 3 is 2.83 bits per heavy atom. The average Bonchev–Trinajstić information content (AvgIpc) is 2.39. The SMILES string of the molecule is CCc1ccccc1Nc1cc(C(=O)O)ncn1. The average molecular weight is 243 g/mol. The summed E-state index contributed by atoms with van der Waals surface area (Å²) in [7, 11) is 0. The third-order valence-electron chi connectivity index (χ3n) is 2.55. The predicted molar refractivity (Wildman–Crippen MR) is 68.1 cm³/mol. The summed E-state index contributed by atoms with van der Waals surface area (Å²) in [4.78, 5) is 18.5. The van der Waals surface area contributed by atoms with Crippen LogP contribution in [0, 0.1) is 0 Å². The number of para-hydroxylation sites is 1. The van der Waals surface area contributed by atoms with Crippen molar-refractivity contribution in [2.75, 3.05) is 5.32 Å². The molecule has 5 nitrogen and oxygen atoms in total. The molecule has 0 fully saturated rings. The molecule has 1 heterocycles. The highest BCUT2D eigenvalue weighted by molar-refractivity contribution is 5.86. The smallest absolute Gasteiger partial charge is 0.354 e. The molecule has 0 aliphatic heterocycles. The Hall–Kier alpha value is -2.43. The number of carboxylic acid groups (broad SMARTS) is 1. The van der Waals surface area contributed by atoms with E-state index in [0.29, 0.717) is 5.82 Å². The largest absolute Gasteiger partial charge is 0.477 e. The topological polar surface area (TPSA) is 75.1 Å². The fourth-order valence-corrected chi connectivity index (χ4v) is 1.63. The highest BCUT2D eigenvalue weighted by Gasteiger charge is 2.07. The van der Waals surface area contributed by atoms with Crippen LogP contribution in [0.4, 0.5) is 11.5 Å². The summed E-state index contributed by atoms with van der Waals surface area (Å²) >= 11 is 0. The number of hydrogen-bond acceptors (Lipinski definition) is 4. The number of carboxylic acids is 1. The lowest BCUT2D eigenvalue weighted by Gasteiger charge is -2.09. The first kappa shape index (κ1) is 12.0. The minimum Gasteiger partial charge on any atom is -0.477 e. The summed E-state index contributed by atoms with van der Waals surface area (Å²) in [5.41, 5.74) is 2.05. The quantitative estimate of drug-likeness (QED) is 0.862. The fraction of sp³-hybridized carbons (Fsp3) is 0.154. The van der Waals surface area contributed by atoms with Gasteiger partial charge in [-0.15, -0.1) is 0 Å². The molecule has 5 heteroatoms. The van der Waals surface area contributed by atoms with E-state index >= 15 is 0 Å². The summed E-state index contributed by atoms with van der Waals surface area (Å²) in [6, 6.07) is 9.24. The first-order valence-electron chi connectivity index (χ1n) is 5.61. The van der Waals surface area contributed by atoms with E-state index in [1.165, 1.54) is 12.4 Å². The Morgan fingerprint density at radius 2 is 2.11 bits per heavy atom. The molecule has 0 saturated heterocycles. The maximum atomic E-state index is 10.8. The number of anilines is 2. The standard InChI is InChI=1S/C13H13N3O2/c1-2-9-5-3-4-6-10(9)16-12-7-11(13(17)18)14-8-15-12/h3-8H,2H2,1H3,(H,17,18)(H,14,15,16). The van der Waals surface area contributed by atoms with E-state index in [1.807, 2.05) is 24.3 Å². The number of nitrogens with one attached hydrogen (secondary N) is 1. The zero-order valence-electron chi connectivity index (χ0n) is 9.92. The van der Waals surface area contributed by atoms with Gasteiger partial charge in [0.1, 0.15) is 12.1 Å². The van der Waals surface area contributed by atoms with E-state index in [4.69, 9.17) is 5.11 Å². The monoisotopic (exact) mass is 243 g/mol. The summed E-state index contributed by atoms with van der Waals surface area (Å²) < 4.78 is 0. The van der Waals surface area contributed by atoms with Gasteiger partial charge < -0.3 is 10.4 Å². The molecule has 0 spiro atoms. The first-order chi connectivity index (χ1) is 8.70. The van der Waals surface area contributed by atoms with Crippen molar-refractivity contribution in [3.05, 3.63) is 47.9 Å². The normalized spacial score (nSPS) is 10.1. The van der Waals surface area contributed by atoms with Crippen molar-refractivity contribution in [3.63, 3.8) is 0 Å². The van der Waals surface area contributed by atoms with E-state index in [2.05, 4.69) is 22.2 Å². The molecular weight excluding hydrogens is 230 g/mol. The van der Waals surface area contributed by atoms with Gasteiger partial charge in [-0.3, -0.25) is 0 Å². The van der Waals surface area contributed by atoms with Crippen molar-refractivity contribution in [1.29, 1.82) is 0 Å². The van der Waals surface area contributed by atoms with Gasteiger partial charge in [0.05, 0.1) is 0 Å². The molecule has 1 aromatic carbocycles. The molecule has 0 aliphatic rings. The van der Waals surface area contributed by atoms with Gasteiger partial charge >= 0.3 is 5.97 Å². The van der Waals surface area contributed by atoms with Crippen LogP contribution in [-0.2, 0) is 6.42 Å². The second kappa shape index (κ2) is 5.27. The van der Waals surface area contributed by atoms with Crippen molar-refractivity contribution >= 4 is 17.5 Å². The number of aromatic carboxylic acids is 1. The second-order valence-electron chi connectivity index (χ2n) is 3.73. The zero-order chi connectivity index (χ0) is 13.0. The number of aryl methyl sites for hydroxylation is 1. The van der Waals surface area contributed by atoms with Crippen LogP contribution in [0.2, 0.25) is 0 Å². The number of rotatable bonds is 4. The van der Waals surface area contributed by atoms with Crippen LogP contribution in [-0.4, -0.2) is 21.0 Å². The number of benzene rings is 1. The number of aromatic nitrogens is 2. The Bertz CT molecular complexity index is 570. The molecule has 0 atom stereocenters. The molecule has 0 radical (unpaired) electrons. The molecule has 0 saturated carbocycles. The summed E-state index contributed by atoms with van der Waals surface area (Å²) in [5, 5.41) is 12.0.